The van der Waals surface area contributed by atoms with E-state index in [2.05, 4.69) is 44.5 Å². The van der Waals surface area contributed by atoms with Crippen LogP contribution in [0.4, 0.5) is 0 Å². The summed E-state index contributed by atoms with van der Waals surface area (Å²) in [6.07, 6.45) is 0. The van der Waals surface area contributed by atoms with E-state index in [-0.39, 0.29) is 23.8 Å². The van der Waals surface area contributed by atoms with Crippen molar-refractivity contribution in [2.75, 3.05) is 33.2 Å². The Kier molecular flexibility index (Phi) is 4.78. The van der Waals surface area contributed by atoms with Crippen molar-refractivity contribution in [3.8, 4) is 0 Å². The number of hydrogen-bond acceptors (Lipinski definition) is 5. The summed E-state index contributed by atoms with van der Waals surface area (Å²) in [5, 5.41) is 6.88. The number of carbonyl (C=O) groups is 1. The third kappa shape index (κ3) is 3.27. The summed E-state index contributed by atoms with van der Waals surface area (Å²) in [5.74, 6) is 1.25. The molecule has 0 unspecified atom stereocenters. The van der Waals surface area contributed by atoms with E-state index in [1.807, 2.05) is 19.1 Å². The molecule has 3 heterocycles. The summed E-state index contributed by atoms with van der Waals surface area (Å²) in [7, 11) is 1.74. The van der Waals surface area contributed by atoms with Crippen LogP contribution in [0.2, 0.25) is 0 Å². The van der Waals surface area contributed by atoms with Gasteiger partial charge in [0.1, 0.15) is 0 Å². The summed E-state index contributed by atoms with van der Waals surface area (Å²) in [6, 6.07) is 12.7. The maximum Gasteiger partial charge on any atom is 0.225 e. The first-order chi connectivity index (χ1) is 12.7. The second-order valence-corrected chi connectivity index (χ2v) is 7.39. The highest BCUT2D eigenvalue weighted by molar-refractivity contribution is 5.80. The van der Waals surface area contributed by atoms with Crippen molar-refractivity contribution < 1.29 is 9.32 Å². The summed E-state index contributed by atoms with van der Waals surface area (Å²) >= 11 is 0. The molecule has 2 aliphatic heterocycles. The lowest BCUT2D eigenvalue weighted by atomic mass is 9.84. The van der Waals surface area contributed by atoms with Crippen LogP contribution in [0.1, 0.15) is 22.9 Å². The Labute approximate surface area is 154 Å². The molecule has 0 aliphatic carbocycles. The number of nitrogens with zero attached hydrogens (tertiary/aromatic N) is 3. The maximum absolute atomic E-state index is 12.7. The molecule has 138 valence electrons. The van der Waals surface area contributed by atoms with Gasteiger partial charge in [-0.05, 0) is 12.5 Å². The minimum Gasteiger partial charge on any atom is -0.360 e. The third-order valence-corrected chi connectivity index (χ3v) is 5.73. The zero-order chi connectivity index (χ0) is 18.1. The second-order valence-electron chi connectivity index (χ2n) is 7.39. The highest BCUT2D eigenvalue weighted by atomic mass is 16.5. The lowest BCUT2D eigenvalue weighted by Gasteiger charge is -2.38. The molecular weight excluding hydrogens is 328 g/mol. The Morgan fingerprint density at radius 3 is 2.77 bits per heavy atom. The molecule has 2 fully saturated rings. The van der Waals surface area contributed by atoms with Gasteiger partial charge in [-0.1, -0.05) is 35.5 Å². The van der Waals surface area contributed by atoms with Gasteiger partial charge < -0.3 is 9.84 Å². The number of hydrogen-bond donors (Lipinski definition) is 1. The molecule has 1 aromatic carbocycles. The predicted octanol–water partition coefficient (Wildman–Crippen LogP) is 1.63. The van der Waals surface area contributed by atoms with Crippen LogP contribution in [-0.4, -0.2) is 60.1 Å². The van der Waals surface area contributed by atoms with Crippen molar-refractivity contribution in [3.05, 3.63) is 53.4 Å². The quantitative estimate of drug-likeness (QED) is 0.904. The van der Waals surface area contributed by atoms with E-state index in [0.717, 1.165) is 44.2 Å². The molecule has 0 bridgehead atoms. The maximum atomic E-state index is 12.7. The number of nitrogens with one attached hydrogen (secondary N) is 1. The fraction of sp³-hybridized carbons (Fsp3) is 0.500. The molecule has 2 aliphatic rings. The van der Waals surface area contributed by atoms with E-state index < -0.39 is 0 Å². The van der Waals surface area contributed by atoms with E-state index in [1.165, 1.54) is 5.56 Å². The number of aromatic nitrogens is 1. The fourth-order valence-electron chi connectivity index (χ4n) is 4.50. The average Bonchev–Trinajstić information content (AvgIpc) is 3.25. The molecule has 26 heavy (non-hydrogen) atoms. The molecule has 0 radical (unpaired) electrons. The molecule has 6 heteroatoms. The molecule has 1 aromatic heterocycles. The van der Waals surface area contributed by atoms with Gasteiger partial charge in [-0.2, -0.15) is 0 Å². The van der Waals surface area contributed by atoms with E-state index in [1.54, 1.807) is 7.05 Å². The van der Waals surface area contributed by atoms with Crippen LogP contribution in [0.5, 0.6) is 0 Å². The van der Waals surface area contributed by atoms with Crippen molar-refractivity contribution in [3.63, 3.8) is 0 Å². The summed E-state index contributed by atoms with van der Waals surface area (Å²) in [5.41, 5.74) is 2.17. The van der Waals surface area contributed by atoms with Crippen molar-refractivity contribution in [1.82, 2.24) is 20.3 Å². The number of benzene rings is 1. The van der Waals surface area contributed by atoms with Gasteiger partial charge in [0.05, 0.1) is 18.2 Å². The SMILES string of the molecule is CNC(=O)[C@@H]1[C@@H](c2ccccc2)CN2CCN(Cc3cc(C)no3)C[C@H]12. The van der Waals surface area contributed by atoms with Crippen molar-refractivity contribution in [1.29, 1.82) is 0 Å². The van der Waals surface area contributed by atoms with Gasteiger partial charge >= 0.3 is 0 Å². The van der Waals surface area contributed by atoms with Crippen LogP contribution in [0.25, 0.3) is 0 Å². The largest absolute Gasteiger partial charge is 0.360 e. The molecule has 4 rings (SSSR count). The van der Waals surface area contributed by atoms with Crippen molar-refractivity contribution >= 4 is 5.91 Å². The van der Waals surface area contributed by atoms with Gasteiger partial charge in [0.25, 0.3) is 0 Å². The molecule has 0 saturated carbocycles. The van der Waals surface area contributed by atoms with Gasteiger partial charge in [-0.3, -0.25) is 14.6 Å². The van der Waals surface area contributed by atoms with Gasteiger partial charge in [0.15, 0.2) is 5.76 Å². The number of rotatable bonds is 4. The van der Waals surface area contributed by atoms with E-state index in [0.29, 0.717) is 0 Å². The lowest BCUT2D eigenvalue weighted by molar-refractivity contribution is -0.126. The minimum absolute atomic E-state index is 0.0262. The Morgan fingerprint density at radius 2 is 2.08 bits per heavy atom. The number of piperazine rings is 1. The molecule has 3 atom stereocenters. The highest BCUT2D eigenvalue weighted by Gasteiger charge is 2.48. The fourth-order valence-corrected chi connectivity index (χ4v) is 4.50. The van der Waals surface area contributed by atoms with Crippen molar-refractivity contribution in [2.45, 2.75) is 25.4 Å². The third-order valence-electron chi connectivity index (χ3n) is 5.73. The van der Waals surface area contributed by atoms with Crippen LogP contribution in [-0.2, 0) is 11.3 Å². The van der Waals surface area contributed by atoms with Crippen LogP contribution < -0.4 is 5.32 Å². The molecule has 6 nitrogen and oxygen atoms in total. The van der Waals surface area contributed by atoms with Gasteiger partial charge in [0, 0.05) is 51.3 Å². The zero-order valence-electron chi connectivity index (χ0n) is 15.4. The van der Waals surface area contributed by atoms with Gasteiger partial charge in [0.2, 0.25) is 5.91 Å². The zero-order valence-corrected chi connectivity index (χ0v) is 15.4. The second kappa shape index (κ2) is 7.21. The number of amides is 1. The molecular formula is C20H26N4O2. The van der Waals surface area contributed by atoms with Crippen LogP contribution >= 0.6 is 0 Å². The molecule has 2 aromatic rings. The number of aryl methyl sites for hydroxylation is 1. The van der Waals surface area contributed by atoms with Crippen molar-refractivity contribution in [2.24, 2.45) is 5.92 Å². The first-order valence-corrected chi connectivity index (χ1v) is 9.31. The first kappa shape index (κ1) is 17.2. The predicted molar refractivity (Wildman–Crippen MR) is 98.6 cm³/mol. The smallest absolute Gasteiger partial charge is 0.225 e. The Bertz CT molecular complexity index is 760. The van der Waals surface area contributed by atoms with E-state index >= 15 is 0 Å². The van der Waals surface area contributed by atoms with E-state index in [9.17, 15) is 4.79 Å². The highest BCUT2D eigenvalue weighted by Crippen LogP contribution is 2.39. The summed E-state index contributed by atoms with van der Waals surface area (Å²) in [6.45, 7) is 6.48. The molecule has 1 N–H and O–H groups in total. The minimum atomic E-state index is -0.0262. The monoisotopic (exact) mass is 354 g/mol. The van der Waals surface area contributed by atoms with Crippen LogP contribution in [0.3, 0.4) is 0 Å². The Balaban J connectivity index is 1.54. The Hall–Kier alpha value is -2.18. The molecule has 0 spiro atoms. The molecule has 2 saturated heterocycles. The standard InChI is InChI=1S/C20H26N4O2/c1-14-10-16(26-22-14)11-23-8-9-24-12-17(15-6-4-3-5-7-15)19(18(24)13-23)20(25)21-2/h3-7,10,17-19H,8-9,11-13H2,1-2H3,(H,21,25)/t17-,18-,19-/m1/s1. The van der Waals surface area contributed by atoms with E-state index in [4.69, 9.17) is 4.52 Å². The molecule has 1 amide bonds. The summed E-state index contributed by atoms with van der Waals surface area (Å²) in [4.78, 5) is 17.6. The Morgan fingerprint density at radius 1 is 1.27 bits per heavy atom. The topological polar surface area (TPSA) is 61.6 Å². The van der Waals surface area contributed by atoms with Gasteiger partial charge in [-0.25, -0.2) is 0 Å². The normalized spacial score (nSPS) is 26.6. The first-order valence-electron chi connectivity index (χ1n) is 9.31. The lowest BCUT2D eigenvalue weighted by Crippen LogP contribution is -2.53. The number of carbonyl (C=O) groups excluding carboxylic acids is 1. The summed E-state index contributed by atoms with van der Waals surface area (Å²) < 4.78 is 5.38. The number of fused-ring (bicyclic) bond motifs is 1. The van der Waals surface area contributed by atoms with Crippen LogP contribution in [0, 0.1) is 12.8 Å². The average molecular weight is 354 g/mol. The van der Waals surface area contributed by atoms with Gasteiger partial charge in [-0.15, -0.1) is 0 Å². The van der Waals surface area contributed by atoms with Crippen LogP contribution in [0.15, 0.2) is 40.9 Å².